The molecule has 4 aromatic carbocycles. The smallest absolute Gasteiger partial charge is 0.238 e. The minimum absolute atomic E-state index is 0.00595. The van der Waals surface area contributed by atoms with E-state index in [2.05, 4.69) is 33.7 Å². The molecule has 186 valence electrons. The van der Waals surface area contributed by atoms with Gasteiger partial charge < -0.3 is 15.0 Å². The molecule has 0 atom stereocenters. The van der Waals surface area contributed by atoms with Gasteiger partial charge in [0.25, 0.3) is 0 Å². The molecule has 0 bridgehead atoms. The van der Waals surface area contributed by atoms with Crippen molar-refractivity contribution >= 4 is 60.4 Å². The van der Waals surface area contributed by atoms with Crippen LogP contribution < -0.4 is 10.5 Å². The van der Waals surface area contributed by atoms with E-state index in [1.807, 2.05) is 54.0 Å². The Morgan fingerprint density at radius 2 is 1.70 bits per heavy atom. The van der Waals surface area contributed by atoms with Crippen molar-refractivity contribution in [2.24, 2.45) is 15.4 Å². The normalized spacial score (nSPS) is 11.9. The number of para-hydroxylation sites is 1. The number of fused-ring (bicyclic) bond motifs is 2. The lowest BCUT2D eigenvalue weighted by Gasteiger charge is -2.11. The molecule has 8 nitrogen and oxygen atoms in total. The number of aromatic hydroxyl groups is 1. The Morgan fingerprint density at radius 1 is 1.00 bits per heavy atom. The van der Waals surface area contributed by atoms with Crippen LogP contribution in [0.2, 0.25) is 0 Å². The van der Waals surface area contributed by atoms with Gasteiger partial charge in [-0.25, -0.2) is 13.6 Å². The van der Waals surface area contributed by atoms with Gasteiger partial charge in [-0.3, -0.25) is 0 Å². The van der Waals surface area contributed by atoms with E-state index in [1.54, 1.807) is 6.07 Å². The van der Waals surface area contributed by atoms with Crippen LogP contribution in [-0.2, 0) is 16.6 Å². The van der Waals surface area contributed by atoms with Gasteiger partial charge >= 0.3 is 0 Å². The van der Waals surface area contributed by atoms with E-state index in [-0.39, 0.29) is 15.9 Å². The first-order chi connectivity index (χ1) is 17.7. The number of nitrogens with zero attached hydrogens (tertiary/aromatic N) is 3. The first-order valence-electron chi connectivity index (χ1n) is 11.4. The predicted octanol–water partition coefficient (Wildman–Crippen LogP) is 5.98. The summed E-state index contributed by atoms with van der Waals surface area (Å²) >= 11 is 5.29. The number of anilines is 1. The average molecular weight is 530 g/mol. The van der Waals surface area contributed by atoms with Gasteiger partial charge in [-0.05, 0) is 59.2 Å². The molecule has 0 saturated heterocycles. The highest BCUT2D eigenvalue weighted by Gasteiger charge is 2.19. The van der Waals surface area contributed by atoms with Crippen LogP contribution in [0.1, 0.15) is 11.1 Å². The second-order valence-electron chi connectivity index (χ2n) is 8.57. The lowest BCUT2D eigenvalue weighted by Crippen LogP contribution is -2.13. The van der Waals surface area contributed by atoms with Gasteiger partial charge in [0.15, 0.2) is 5.69 Å². The maximum absolute atomic E-state index is 11.6. The molecule has 0 aliphatic carbocycles. The summed E-state index contributed by atoms with van der Waals surface area (Å²) in [4.78, 5) is -0.0538. The Labute approximate surface area is 219 Å². The molecule has 1 heterocycles. The summed E-state index contributed by atoms with van der Waals surface area (Å²) in [6.45, 7) is 2.42. The van der Waals surface area contributed by atoms with Gasteiger partial charge in [-0.1, -0.05) is 66.7 Å². The van der Waals surface area contributed by atoms with Gasteiger partial charge in [0.2, 0.25) is 21.0 Å². The Bertz CT molecular complexity index is 1810. The molecule has 5 aromatic rings. The van der Waals surface area contributed by atoms with Gasteiger partial charge in [0, 0.05) is 11.1 Å². The number of aromatic nitrogens is 1. The highest BCUT2D eigenvalue weighted by molar-refractivity contribution is 7.89. The SMILES string of the molecule is Cc1cccc2c(N=NC(=S)Nc3cccc(S(N)(=O)=O)c3)c(O)n(Cc3cccc4ccccc34)c12. The summed E-state index contributed by atoms with van der Waals surface area (Å²) in [5.41, 5.74) is 3.58. The quantitative estimate of drug-likeness (QED) is 0.191. The molecule has 0 radical (unpaired) electrons. The first-order valence-corrected chi connectivity index (χ1v) is 13.3. The fourth-order valence-corrected chi connectivity index (χ4v) is 5.13. The number of benzene rings is 4. The van der Waals surface area contributed by atoms with Crippen molar-refractivity contribution in [1.29, 1.82) is 0 Å². The van der Waals surface area contributed by atoms with Crippen molar-refractivity contribution in [3.8, 4) is 5.88 Å². The number of nitrogens with two attached hydrogens (primary N) is 1. The van der Waals surface area contributed by atoms with Gasteiger partial charge in [0.1, 0.15) is 0 Å². The second kappa shape index (κ2) is 9.74. The van der Waals surface area contributed by atoms with E-state index in [9.17, 15) is 13.5 Å². The van der Waals surface area contributed by atoms with Crippen LogP contribution in [0.15, 0.2) is 100 Å². The summed E-state index contributed by atoms with van der Waals surface area (Å²) in [6, 6.07) is 25.9. The predicted molar refractivity (Wildman–Crippen MR) is 150 cm³/mol. The fraction of sp³-hybridized carbons (Fsp3) is 0.0741. The van der Waals surface area contributed by atoms with E-state index in [0.29, 0.717) is 17.9 Å². The number of aryl methyl sites for hydroxylation is 1. The molecule has 0 saturated carbocycles. The Morgan fingerprint density at radius 3 is 2.51 bits per heavy atom. The zero-order valence-corrected chi connectivity index (χ0v) is 21.4. The molecule has 0 aliphatic heterocycles. The Balaban J connectivity index is 1.50. The Hall–Kier alpha value is -4.12. The van der Waals surface area contributed by atoms with Gasteiger partial charge in [-0.2, -0.15) is 0 Å². The number of azo groups is 1. The molecule has 0 aliphatic rings. The molecule has 0 fully saturated rings. The van der Waals surface area contributed by atoms with Crippen molar-refractivity contribution in [2.45, 2.75) is 18.4 Å². The Kier molecular flexibility index (Phi) is 6.46. The third-order valence-electron chi connectivity index (χ3n) is 6.09. The van der Waals surface area contributed by atoms with Crippen LogP contribution in [-0.4, -0.2) is 23.2 Å². The van der Waals surface area contributed by atoms with E-state index in [0.717, 1.165) is 32.8 Å². The molecular formula is C27H23N5O3S2. The van der Waals surface area contributed by atoms with Crippen molar-refractivity contribution in [1.82, 2.24) is 4.57 Å². The van der Waals surface area contributed by atoms with Crippen molar-refractivity contribution in [3.63, 3.8) is 0 Å². The van der Waals surface area contributed by atoms with Crippen LogP contribution in [0, 0.1) is 6.92 Å². The molecule has 1 aromatic heterocycles. The summed E-state index contributed by atoms with van der Waals surface area (Å²) in [6.07, 6.45) is 0. The van der Waals surface area contributed by atoms with Crippen LogP contribution in [0.3, 0.4) is 0 Å². The molecule has 4 N–H and O–H groups in total. The number of hydrogen-bond acceptors (Lipinski definition) is 5. The van der Waals surface area contributed by atoms with Gasteiger partial charge in [-0.15, -0.1) is 10.2 Å². The maximum atomic E-state index is 11.6. The largest absolute Gasteiger partial charge is 0.493 e. The minimum Gasteiger partial charge on any atom is -0.493 e. The minimum atomic E-state index is -3.86. The third-order valence-corrected chi connectivity index (χ3v) is 7.19. The topological polar surface area (TPSA) is 122 Å². The average Bonchev–Trinajstić information content (AvgIpc) is 3.14. The fourth-order valence-electron chi connectivity index (χ4n) is 4.41. The van der Waals surface area contributed by atoms with Crippen molar-refractivity contribution < 1.29 is 13.5 Å². The van der Waals surface area contributed by atoms with E-state index in [1.165, 1.54) is 18.2 Å². The molecule has 0 spiro atoms. The highest BCUT2D eigenvalue weighted by atomic mass is 32.2. The van der Waals surface area contributed by atoms with Crippen LogP contribution in [0.4, 0.5) is 11.4 Å². The molecule has 0 unspecified atom stereocenters. The zero-order chi connectivity index (χ0) is 26.2. The standard InChI is InChI=1S/C27H23N5O3S2/c1-17-7-4-14-23-24(30-31-27(36)29-20-11-6-12-21(15-20)37(28,34)35)26(33)32(25(17)23)16-19-10-5-9-18-8-2-3-13-22(18)19/h2-15,33H,16H2,1H3,(H,29,36)(H2,28,34,35). The zero-order valence-electron chi connectivity index (χ0n) is 19.8. The van der Waals surface area contributed by atoms with Crippen molar-refractivity contribution in [2.75, 3.05) is 5.32 Å². The summed E-state index contributed by atoms with van der Waals surface area (Å²) < 4.78 is 25.1. The van der Waals surface area contributed by atoms with Crippen molar-refractivity contribution in [3.05, 3.63) is 96.1 Å². The van der Waals surface area contributed by atoms with E-state index in [4.69, 9.17) is 17.4 Å². The number of thiocarbonyl (C=S) groups is 1. The molecular weight excluding hydrogens is 506 g/mol. The number of hydrogen-bond donors (Lipinski definition) is 3. The summed E-state index contributed by atoms with van der Waals surface area (Å²) in [7, 11) is -3.86. The lowest BCUT2D eigenvalue weighted by atomic mass is 10.0. The second-order valence-corrected chi connectivity index (χ2v) is 10.5. The van der Waals surface area contributed by atoms with Crippen LogP contribution in [0.25, 0.3) is 21.7 Å². The third kappa shape index (κ3) is 4.94. The van der Waals surface area contributed by atoms with Gasteiger partial charge in [0.05, 0.1) is 17.0 Å². The molecule has 0 amide bonds. The van der Waals surface area contributed by atoms with Crippen LogP contribution in [0.5, 0.6) is 5.88 Å². The number of primary sulfonamides is 1. The number of rotatable bonds is 5. The maximum Gasteiger partial charge on any atom is 0.238 e. The highest BCUT2D eigenvalue weighted by Crippen LogP contribution is 2.41. The number of nitrogens with one attached hydrogen (secondary N) is 1. The molecule has 10 heteroatoms. The summed E-state index contributed by atoms with van der Waals surface area (Å²) in [5.74, 6) is -0.0278. The molecule has 37 heavy (non-hydrogen) atoms. The van der Waals surface area contributed by atoms with E-state index >= 15 is 0 Å². The first kappa shape index (κ1) is 24.6. The monoisotopic (exact) mass is 529 g/mol. The molecule has 5 rings (SSSR count). The number of sulfonamides is 1. The van der Waals surface area contributed by atoms with E-state index < -0.39 is 10.0 Å². The lowest BCUT2D eigenvalue weighted by molar-refractivity contribution is 0.430. The van der Waals surface area contributed by atoms with Crippen LogP contribution >= 0.6 is 12.2 Å². The summed E-state index contributed by atoms with van der Waals surface area (Å²) in [5, 5.41) is 30.6.